The van der Waals surface area contributed by atoms with Crippen LogP contribution >= 0.6 is 23.2 Å². The molecule has 96 valence electrons. The zero-order chi connectivity index (χ0) is 12.5. The molecule has 0 saturated carbocycles. The summed E-state index contributed by atoms with van der Waals surface area (Å²) >= 11 is 12.2. The van der Waals surface area contributed by atoms with Gasteiger partial charge < -0.3 is 9.75 Å². The molecule has 18 heavy (non-hydrogen) atoms. The van der Waals surface area contributed by atoms with Crippen LogP contribution in [-0.4, -0.2) is 36.0 Å². The highest BCUT2D eigenvalue weighted by atomic mass is 35.5. The van der Waals surface area contributed by atoms with Gasteiger partial charge in [-0.2, -0.15) is 0 Å². The number of imidazole rings is 1. The Labute approximate surface area is 115 Å². The summed E-state index contributed by atoms with van der Waals surface area (Å²) < 4.78 is 7.44. The summed E-state index contributed by atoms with van der Waals surface area (Å²) in [5, 5.41) is 2.86. The van der Waals surface area contributed by atoms with E-state index in [1.165, 1.54) is 0 Å². The highest BCUT2D eigenvalue weighted by molar-refractivity contribution is 6.35. The first-order valence-corrected chi connectivity index (χ1v) is 6.77. The summed E-state index contributed by atoms with van der Waals surface area (Å²) in [6, 6.07) is 5.79. The molecule has 0 bridgehead atoms. The molecule has 0 radical (unpaired) electrons. The maximum Gasteiger partial charge on any atom is 0.143 e. The third kappa shape index (κ3) is 1.94. The lowest BCUT2D eigenvalue weighted by atomic mass is 10.3. The maximum atomic E-state index is 6.18. The van der Waals surface area contributed by atoms with Crippen LogP contribution in [0, 0.1) is 0 Å². The number of rotatable bonds is 2. The number of fused-ring (bicyclic) bond motifs is 1. The molecule has 0 aliphatic carbocycles. The zero-order valence-electron chi connectivity index (χ0n) is 9.77. The molecule has 4 nitrogen and oxygen atoms in total. The summed E-state index contributed by atoms with van der Waals surface area (Å²) in [7, 11) is 0. The van der Waals surface area contributed by atoms with Crippen molar-refractivity contribution in [2.45, 2.75) is 5.88 Å². The van der Waals surface area contributed by atoms with E-state index in [4.69, 9.17) is 27.9 Å². The van der Waals surface area contributed by atoms with Crippen LogP contribution in [0.25, 0.3) is 11.0 Å². The van der Waals surface area contributed by atoms with E-state index in [0.29, 0.717) is 10.9 Å². The van der Waals surface area contributed by atoms with Crippen LogP contribution in [0.4, 0.5) is 0 Å². The Hall–Kier alpha value is -0.970. The van der Waals surface area contributed by atoms with Gasteiger partial charge in [0.15, 0.2) is 0 Å². The third-order valence-corrected chi connectivity index (χ3v) is 3.61. The van der Waals surface area contributed by atoms with E-state index in [1.54, 1.807) is 0 Å². The van der Waals surface area contributed by atoms with Crippen molar-refractivity contribution < 1.29 is 4.74 Å². The first kappa shape index (κ1) is 12.1. The molecule has 6 heteroatoms. The van der Waals surface area contributed by atoms with E-state index >= 15 is 0 Å². The number of benzene rings is 1. The molecule has 3 rings (SSSR count). The van der Waals surface area contributed by atoms with Gasteiger partial charge >= 0.3 is 0 Å². The van der Waals surface area contributed by atoms with Crippen molar-refractivity contribution in [3.63, 3.8) is 0 Å². The molecule has 0 N–H and O–H groups in total. The number of hydrogen-bond donors (Lipinski definition) is 0. The van der Waals surface area contributed by atoms with Gasteiger partial charge in [0.25, 0.3) is 0 Å². The Morgan fingerprint density at radius 1 is 1.28 bits per heavy atom. The van der Waals surface area contributed by atoms with Crippen LogP contribution in [0.3, 0.4) is 0 Å². The Kier molecular flexibility index (Phi) is 3.33. The van der Waals surface area contributed by atoms with Gasteiger partial charge in [0.2, 0.25) is 0 Å². The number of aromatic nitrogens is 2. The topological polar surface area (TPSA) is 30.3 Å². The minimum atomic E-state index is 0.363. The molecule has 2 aromatic rings. The predicted molar refractivity (Wildman–Crippen MR) is 73.1 cm³/mol. The molecule has 1 fully saturated rings. The van der Waals surface area contributed by atoms with E-state index in [1.807, 2.05) is 18.2 Å². The lowest BCUT2D eigenvalue weighted by Gasteiger charge is -2.31. The molecule has 1 aromatic carbocycles. The molecule has 1 aromatic heterocycles. The van der Waals surface area contributed by atoms with Crippen LogP contribution in [0.15, 0.2) is 18.2 Å². The molecule has 0 amide bonds. The number of alkyl halides is 1. The fourth-order valence-corrected chi connectivity index (χ4v) is 2.64. The van der Waals surface area contributed by atoms with Crippen molar-refractivity contribution >= 4 is 34.2 Å². The highest BCUT2D eigenvalue weighted by Gasteiger charge is 2.19. The van der Waals surface area contributed by atoms with Gasteiger partial charge in [0, 0.05) is 0 Å². The highest BCUT2D eigenvalue weighted by Crippen LogP contribution is 2.25. The smallest absolute Gasteiger partial charge is 0.143 e. The summed E-state index contributed by atoms with van der Waals surface area (Å²) in [6.07, 6.45) is 0. The van der Waals surface area contributed by atoms with Crippen molar-refractivity contribution in [3.8, 4) is 0 Å². The van der Waals surface area contributed by atoms with E-state index in [9.17, 15) is 0 Å². The average Bonchev–Trinajstić information content (AvgIpc) is 2.80. The largest absolute Gasteiger partial charge is 0.378 e. The van der Waals surface area contributed by atoms with Crippen LogP contribution < -0.4 is 5.01 Å². The number of para-hydroxylation sites is 1. The van der Waals surface area contributed by atoms with E-state index < -0.39 is 0 Å². The second-order valence-electron chi connectivity index (χ2n) is 4.15. The molecule has 0 unspecified atom stereocenters. The van der Waals surface area contributed by atoms with Gasteiger partial charge in [0.05, 0.1) is 42.7 Å². The van der Waals surface area contributed by atoms with E-state index in [2.05, 4.69) is 14.7 Å². The lowest BCUT2D eigenvalue weighted by molar-refractivity contribution is 0.111. The first-order valence-electron chi connectivity index (χ1n) is 5.86. The Balaban J connectivity index is 2.16. The van der Waals surface area contributed by atoms with Gasteiger partial charge in [-0.05, 0) is 12.1 Å². The normalized spacial score (nSPS) is 16.4. The molecule has 1 aliphatic rings. The summed E-state index contributed by atoms with van der Waals surface area (Å²) in [5.41, 5.74) is 1.81. The minimum absolute atomic E-state index is 0.363. The number of morpholine rings is 1. The maximum absolute atomic E-state index is 6.18. The van der Waals surface area contributed by atoms with Crippen LogP contribution in [0.5, 0.6) is 0 Å². The number of nitrogens with zero attached hydrogens (tertiary/aromatic N) is 3. The summed E-state index contributed by atoms with van der Waals surface area (Å²) in [4.78, 5) is 4.52. The summed E-state index contributed by atoms with van der Waals surface area (Å²) in [5.74, 6) is 1.18. The fourth-order valence-electron chi connectivity index (χ4n) is 2.26. The second kappa shape index (κ2) is 4.96. The molecule has 1 aliphatic heterocycles. The van der Waals surface area contributed by atoms with Crippen molar-refractivity contribution in [1.82, 2.24) is 9.66 Å². The standard InChI is InChI=1S/C12H13Cl2N3O/c13-8-11-15-12-9(14)2-1-3-10(12)17(11)16-4-6-18-7-5-16/h1-3H,4-8H2. The van der Waals surface area contributed by atoms with Crippen LogP contribution in [0.2, 0.25) is 5.02 Å². The van der Waals surface area contributed by atoms with Crippen molar-refractivity contribution in [2.75, 3.05) is 31.3 Å². The Morgan fingerprint density at radius 3 is 2.78 bits per heavy atom. The fraction of sp³-hybridized carbons (Fsp3) is 0.417. The number of ether oxygens (including phenoxy) is 1. The molecular formula is C12H13Cl2N3O. The monoisotopic (exact) mass is 285 g/mol. The number of halogens is 2. The Morgan fingerprint density at radius 2 is 2.06 bits per heavy atom. The Bertz CT molecular complexity index is 564. The van der Waals surface area contributed by atoms with Gasteiger partial charge in [-0.3, -0.25) is 0 Å². The summed E-state index contributed by atoms with van der Waals surface area (Å²) in [6.45, 7) is 3.12. The second-order valence-corrected chi connectivity index (χ2v) is 4.82. The van der Waals surface area contributed by atoms with Gasteiger partial charge in [-0.15, -0.1) is 11.6 Å². The van der Waals surface area contributed by atoms with Crippen molar-refractivity contribution in [1.29, 1.82) is 0 Å². The molecule has 0 atom stereocenters. The minimum Gasteiger partial charge on any atom is -0.378 e. The first-order chi connectivity index (χ1) is 8.81. The van der Waals surface area contributed by atoms with Crippen LogP contribution in [-0.2, 0) is 10.6 Å². The molecule has 0 spiro atoms. The van der Waals surface area contributed by atoms with Gasteiger partial charge in [0.1, 0.15) is 11.3 Å². The SMILES string of the molecule is ClCc1nc2c(Cl)cccc2n1N1CCOCC1. The number of hydrogen-bond acceptors (Lipinski definition) is 3. The van der Waals surface area contributed by atoms with Crippen molar-refractivity contribution in [3.05, 3.63) is 29.0 Å². The predicted octanol–water partition coefficient (Wildman–Crippen LogP) is 2.40. The average molecular weight is 286 g/mol. The molecule has 2 heterocycles. The van der Waals surface area contributed by atoms with Crippen LogP contribution in [0.1, 0.15) is 5.82 Å². The van der Waals surface area contributed by atoms with E-state index in [0.717, 1.165) is 43.2 Å². The molecule has 1 saturated heterocycles. The third-order valence-electron chi connectivity index (χ3n) is 3.07. The molecular weight excluding hydrogens is 273 g/mol. The van der Waals surface area contributed by atoms with E-state index in [-0.39, 0.29) is 0 Å². The van der Waals surface area contributed by atoms with Gasteiger partial charge in [-0.25, -0.2) is 9.66 Å². The van der Waals surface area contributed by atoms with Crippen molar-refractivity contribution in [2.24, 2.45) is 0 Å². The lowest BCUT2D eigenvalue weighted by Crippen LogP contribution is -2.44. The van der Waals surface area contributed by atoms with Gasteiger partial charge in [-0.1, -0.05) is 17.7 Å². The zero-order valence-corrected chi connectivity index (χ0v) is 11.3. The quantitative estimate of drug-likeness (QED) is 0.794.